The van der Waals surface area contributed by atoms with Crippen LogP contribution >= 0.6 is 0 Å². The van der Waals surface area contributed by atoms with E-state index in [9.17, 15) is 9.50 Å². The molecule has 24 heavy (non-hydrogen) atoms. The van der Waals surface area contributed by atoms with Crippen molar-refractivity contribution in [3.8, 4) is 0 Å². The summed E-state index contributed by atoms with van der Waals surface area (Å²) in [5, 5.41) is 13.8. The fourth-order valence-corrected chi connectivity index (χ4v) is 3.84. The Labute approximate surface area is 144 Å². The first kappa shape index (κ1) is 17.8. The SMILES string of the molecule is CC1CN(CC2CCCO2)CCC1NCC(O)c1ccc(F)cc1. The molecule has 0 bridgehead atoms. The molecule has 0 saturated carbocycles. The predicted octanol–water partition coefficient (Wildman–Crippen LogP) is 2.34. The normalized spacial score (nSPS) is 29.7. The highest BCUT2D eigenvalue weighted by Crippen LogP contribution is 2.21. The Balaban J connectivity index is 1.42. The molecule has 2 saturated heterocycles. The second-order valence-electron chi connectivity index (χ2n) is 7.24. The molecule has 4 atom stereocenters. The van der Waals surface area contributed by atoms with E-state index >= 15 is 0 Å². The summed E-state index contributed by atoms with van der Waals surface area (Å²) >= 11 is 0. The van der Waals surface area contributed by atoms with E-state index in [2.05, 4.69) is 17.1 Å². The molecule has 2 N–H and O–H groups in total. The molecule has 0 aliphatic carbocycles. The molecule has 0 spiro atoms. The number of benzene rings is 1. The van der Waals surface area contributed by atoms with Crippen LogP contribution < -0.4 is 5.32 Å². The average molecular weight is 336 g/mol. The van der Waals surface area contributed by atoms with E-state index in [1.807, 2.05) is 0 Å². The summed E-state index contributed by atoms with van der Waals surface area (Å²) in [5.74, 6) is 0.270. The minimum atomic E-state index is -0.595. The molecule has 0 amide bonds. The standard InChI is InChI=1S/C19H29FN2O2/c1-14-12-22(13-17-3-2-10-24-17)9-8-18(14)21-11-19(23)15-4-6-16(20)7-5-15/h4-7,14,17-19,21,23H,2-3,8-13H2,1H3. The lowest BCUT2D eigenvalue weighted by atomic mass is 9.93. The van der Waals surface area contributed by atoms with Crippen molar-refractivity contribution in [1.29, 1.82) is 0 Å². The topological polar surface area (TPSA) is 44.7 Å². The van der Waals surface area contributed by atoms with E-state index in [0.29, 0.717) is 24.6 Å². The Hall–Kier alpha value is -1.01. The Kier molecular flexibility index (Phi) is 6.22. The minimum Gasteiger partial charge on any atom is -0.387 e. The molecule has 2 heterocycles. The highest BCUT2D eigenvalue weighted by molar-refractivity contribution is 5.18. The molecular formula is C19H29FN2O2. The van der Waals surface area contributed by atoms with Crippen molar-refractivity contribution in [1.82, 2.24) is 10.2 Å². The van der Waals surface area contributed by atoms with Crippen molar-refractivity contribution in [2.45, 2.75) is 44.4 Å². The molecule has 4 unspecified atom stereocenters. The van der Waals surface area contributed by atoms with Gasteiger partial charge in [-0.25, -0.2) is 4.39 Å². The number of aliphatic hydroxyl groups excluding tert-OH is 1. The largest absolute Gasteiger partial charge is 0.387 e. The number of hydrogen-bond acceptors (Lipinski definition) is 4. The Morgan fingerprint density at radius 1 is 1.33 bits per heavy atom. The maximum absolute atomic E-state index is 12.9. The number of piperidine rings is 1. The van der Waals surface area contributed by atoms with Crippen molar-refractivity contribution >= 4 is 0 Å². The lowest BCUT2D eigenvalue weighted by Crippen LogP contribution is -2.50. The Morgan fingerprint density at radius 2 is 2.12 bits per heavy atom. The first-order chi connectivity index (χ1) is 11.6. The van der Waals surface area contributed by atoms with E-state index in [4.69, 9.17) is 4.74 Å². The van der Waals surface area contributed by atoms with Gasteiger partial charge < -0.3 is 20.1 Å². The molecule has 3 rings (SSSR count). The third-order valence-electron chi connectivity index (χ3n) is 5.30. The third kappa shape index (κ3) is 4.76. The van der Waals surface area contributed by atoms with Crippen molar-refractivity contribution in [3.63, 3.8) is 0 Å². The summed E-state index contributed by atoms with van der Waals surface area (Å²) in [4.78, 5) is 2.51. The first-order valence-corrected chi connectivity index (χ1v) is 9.12. The second kappa shape index (κ2) is 8.39. The van der Waals surface area contributed by atoms with Gasteiger partial charge in [0.25, 0.3) is 0 Å². The predicted molar refractivity (Wildman–Crippen MR) is 92.3 cm³/mol. The van der Waals surface area contributed by atoms with Crippen LogP contribution in [0.2, 0.25) is 0 Å². The van der Waals surface area contributed by atoms with Crippen LogP contribution in [0.25, 0.3) is 0 Å². The molecule has 5 heteroatoms. The van der Waals surface area contributed by atoms with Gasteiger partial charge in [0.05, 0.1) is 12.2 Å². The number of aliphatic hydroxyl groups is 1. The van der Waals surface area contributed by atoms with E-state index in [0.717, 1.165) is 38.2 Å². The summed E-state index contributed by atoms with van der Waals surface area (Å²) in [6, 6.07) is 6.50. The zero-order valence-corrected chi connectivity index (χ0v) is 14.5. The average Bonchev–Trinajstić information content (AvgIpc) is 3.07. The van der Waals surface area contributed by atoms with Crippen LogP contribution in [0.3, 0.4) is 0 Å². The van der Waals surface area contributed by atoms with Crippen LogP contribution in [0.5, 0.6) is 0 Å². The lowest BCUT2D eigenvalue weighted by Gasteiger charge is -2.38. The van der Waals surface area contributed by atoms with Crippen molar-refractivity contribution < 1.29 is 14.2 Å². The molecule has 134 valence electrons. The number of hydrogen-bond donors (Lipinski definition) is 2. The van der Waals surface area contributed by atoms with Crippen molar-refractivity contribution in [2.75, 3.05) is 32.8 Å². The van der Waals surface area contributed by atoms with Crippen LogP contribution in [-0.2, 0) is 4.74 Å². The molecule has 2 aliphatic rings. The van der Waals surface area contributed by atoms with Crippen LogP contribution in [-0.4, -0.2) is 54.9 Å². The van der Waals surface area contributed by atoms with Crippen LogP contribution in [0.1, 0.15) is 37.9 Å². The van der Waals surface area contributed by atoms with Gasteiger partial charge in [0.2, 0.25) is 0 Å². The van der Waals surface area contributed by atoms with Gasteiger partial charge in [-0.3, -0.25) is 0 Å². The van der Waals surface area contributed by atoms with Crippen molar-refractivity contribution in [3.05, 3.63) is 35.6 Å². The van der Waals surface area contributed by atoms with Gasteiger partial charge in [-0.05, 0) is 49.4 Å². The van der Waals surface area contributed by atoms with E-state index in [-0.39, 0.29) is 5.82 Å². The molecule has 1 aromatic rings. The zero-order valence-electron chi connectivity index (χ0n) is 14.5. The maximum atomic E-state index is 12.9. The molecular weight excluding hydrogens is 307 g/mol. The number of ether oxygens (including phenoxy) is 1. The van der Waals surface area contributed by atoms with Gasteiger partial charge in [0, 0.05) is 32.3 Å². The smallest absolute Gasteiger partial charge is 0.123 e. The molecule has 2 fully saturated rings. The number of nitrogens with zero attached hydrogens (tertiary/aromatic N) is 1. The monoisotopic (exact) mass is 336 g/mol. The van der Waals surface area contributed by atoms with Crippen molar-refractivity contribution in [2.24, 2.45) is 5.92 Å². The number of nitrogens with one attached hydrogen (secondary N) is 1. The van der Waals surface area contributed by atoms with Gasteiger partial charge >= 0.3 is 0 Å². The van der Waals surface area contributed by atoms with Gasteiger partial charge in [0.15, 0.2) is 0 Å². The summed E-state index contributed by atoms with van der Waals surface area (Å²) in [5.41, 5.74) is 0.757. The van der Waals surface area contributed by atoms with Crippen LogP contribution in [0.4, 0.5) is 4.39 Å². The van der Waals surface area contributed by atoms with E-state index in [1.54, 1.807) is 12.1 Å². The fourth-order valence-electron chi connectivity index (χ4n) is 3.84. The van der Waals surface area contributed by atoms with Gasteiger partial charge in [-0.15, -0.1) is 0 Å². The van der Waals surface area contributed by atoms with Crippen LogP contribution in [0.15, 0.2) is 24.3 Å². The third-order valence-corrected chi connectivity index (χ3v) is 5.30. The zero-order chi connectivity index (χ0) is 16.9. The van der Waals surface area contributed by atoms with E-state index < -0.39 is 6.10 Å². The summed E-state index contributed by atoms with van der Waals surface area (Å²) in [6.07, 6.45) is 3.30. The molecule has 4 nitrogen and oxygen atoms in total. The first-order valence-electron chi connectivity index (χ1n) is 9.12. The molecule has 2 aliphatic heterocycles. The summed E-state index contributed by atoms with van der Waals surface area (Å²) < 4.78 is 18.7. The number of halogens is 1. The highest BCUT2D eigenvalue weighted by atomic mass is 19.1. The highest BCUT2D eigenvalue weighted by Gasteiger charge is 2.28. The lowest BCUT2D eigenvalue weighted by molar-refractivity contribution is 0.0495. The quantitative estimate of drug-likeness (QED) is 0.837. The Morgan fingerprint density at radius 3 is 2.79 bits per heavy atom. The number of rotatable bonds is 6. The molecule has 0 radical (unpaired) electrons. The fraction of sp³-hybridized carbons (Fsp3) is 0.684. The van der Waals surface area contributed by atoms with E-state index in [1.165, 1.54) is 25.0 Å². The molecule has 0 aromatic heterocycles. The molecule has 1 aromatic carbocycles. The summed E-state index contributed by atoms with van der Waals surface area (Å²) in [6.45, 7) is 6.89. The van der Waals surface area contributed by atoms with Gasteiger partial charge in [-0.1, -0.05) is 19.1 Å². The maximum Gasteiger partial charge on any atom is 0.123 e. The van der Waals surface area contributed by atoms with Gasteiger partial charge in [-0.2, -0.15) is 0 Å². The minimum absolute atomic E-state index is 0.272. The van der Waals surface area contributed by atoms with Crippen LogP contribution in [0, 0.1) is 11.7 Å². The second-order valence-corrected chi connectivity index (χ2v) is 7.24. The number of likely N-dealkylation sites (tertiary alicyclic amines) is 1. The van der Waals surface area contributed by atoms with Gasteiger partial charge in [0.1, 0.15) is 5.82 Å². The summed E-state index contributed by atoms with van der Waals surface area (Å²) in [7, 11) is 0. The Bertz CT molecular complexity index is 505.